The average molecular weight is 427 g/mol. The van der Waals surface area contributed by atoms with Gasteiger partial charge in [-0.1, -0.05) is 67.0 Å². The highest BCUT2D eigenvalue weighted by molar-refractivity contribution is 5.33. The van der Waals surface area contributed by atoms with Crippen LogP contribution in [-0.2, 0) is 0 Å². The molecular weight excluding hydrogens is 376 g/mol. The van der Waals surface area contributed by atoms with Gasteiger partial charge in [-0.15, -0.1) is 0 Å². The fraction of sp³-hybridized carbons (Fsp3) is 0.933. The average Bonchev–Trinajstić information content (AvgIpc) is 2.69. The van der Waals surface area contributed by atoms with E-state index < -0.39 is 0 Å². The van der Waals surface area contributed by atoms with E-state index in [2.05, 4.69) is 61.5 Å². The number of rotatable bonds is 0. The van der Waals surface area contributed by atoms with Crippen LogP contribution >= 0.6 is 0 Å². The second-order valence-corrected chi connectivity index (χ2v) is 14.7. The van der Waals surface area contributed by atoms with Crippen molar-refractivity contribution in [2.45, 2.75) is 119 Å². The Labute approximate surface area is 192 Å². The van der Waals surface area contributed by atoms with Gasteiger partial charge in [0, 0.05) is 0 Å². The lowest BCUT2D eigenvalue weighted by molar-refractivity contribution is -0.203. The van der Waals surface area contributed by atoms with E-state index in [0.29, 0.717) is 27.6 Å². The first kappa shape index (κ1) is 22.5. The number of aliphatic hydroxyl groups is 1. The third kappa shape index (κ3) is 2.65. The van der Waals surface area contributed by atoms with Gasteiger partial charge in [0.25, 0.3) is 0 Å². The summed E-state index contributed by atoms with van der Waals surface area (Å²) in [5.41, 5.74) is 3.60. The Morgan fingerprint density at radius 1 is 0.806 bits per heavy atom. The maximum Gasteiger partial charge on any atom is 0.0594 e. The summed E-state index contributed by atoms with van der Waals surface area (Å²) in [4.78, 5) is 0. The molecule has 0 aromatic heterocycles. The van der Waals surface area contributed by atoms with Crippen molar-refractivity contribution in [1.82, 2.24) is 0 Å². The minimum Gasteiger partial charge on any atom is -0.393 e. The zero-order valence-electron chi connectivity index (χ0n) is 21.9. The number of aliphatic hydroxyl groups excluding tert-OH is 1. The normalized spacial score (nSPS) is 58.3. The maximum atomic E-state index is 10.9. The van der Waals surface area contributed by atoms with Gasteiger partial charge >= 0.3 is 0 Å². The van der Waals surface area contributed by atoms with Gasteiger partial charge < -0.3 is 5.11 Å². The van der Waals surface area contributed by atoms with Crippen LogP contribution in [0.15, 0.2) is 11.6 Å². The van der Waals surface area contributed by atoms with Crippen molar-refractivity contribution in [3.05, 3.63) is 11.6 Å². The van der Waals surface area contributed by atoms with Crippen molar-refractivity contribution < 1.29 is 5.11 Å². The Morgan fingerprint density at radius 3 is 2.23 bits per heavy atom. The summed E-state index contributed by atoms with van der Waals surface area (Å²) in [6, 6.07) is 0. The van der Waals surface area contributed by atoms with Crippen LogP contribution in [0.5, 0.6) is 0 Å². The number of fused-ring (bicyclic) bond motifs is 7. The fourth-order valence-electron chi connectivity index (χ4n) is 10.8. The van der Waals surface area contributed by atoms with Crippen molar-refractivity contribution in [2.75, 3.05) is 0 Å². The van der Waals surface area contributed by atoms with Crippen molar-refractivity contribution >= 4 is 0 Å². The quantitative estimate of drug-likeness (QED) is 0.389. The van der Waals surface area contributed by atoms with Gasteiger partial charge in [0.15, 0.2) is 0 Å². The molecule has 176 valence electrons. The SMILES string of the molecule is C[C@H]1[C@H](C)CC[C@]2(C)CC[C@]3(C)C(=CC[C@@H]4[C@@]5(C)CC[C@@H](O)C(C)(C)[C@H]5CC[C@]43C)[C@H]12. The second-order valence-electron chi connectivity index (χ2n) is 14.7. The third-order valence-electron chi connectivity index (χ3n) is 13.4. The molecule has 1 N–H and O–H groups in total. The summed E-state index contributed by atoms with van der Waals surface area (Å²) >= 11 is 0. The van der Waals surface area contributed by atoms with Gasteiger partial charge in [-0.3, -0.25) is 0 Å². The second kappa shape index (κ2) is 6.64. The number of hydrogen-bond donors (Lipinski definition) is 1. The lowest BCUT2D eigenvalue weighted by atomic mass is 9.33. The summed E-state index contributed by atoms with van der Waals surface area (Å²) in [5, 5.41) is 10.9. The molecule has 0 aromatic rings. The van der Waals surface area contributed by atoms with Crippen LogP contribution in [0.3, 0.4) is 0 Å². The van der Waals surface area contributed by atoms with Crippen molar-refractivity contribution in [3.8, 4) is 0 Å². The number of allylic oxidation sites excluding steroid dienone is 2. The highest BCUT2D eigenvalue weighted by Crippen LogP contribution is 2.75. The van der Waals surface area contributed by atoms with Gasteiger partial charge in [-0.25, -0.2) is 0 Å². The minimum absolute atomic E-state index is 0.0533. The van der Waals surface area contributed by atoms with Gasteiger partial charge in [-0.2, -0.15) is 0 Å². The van der Waals surface area contributed by atoms with Crippen molar-refractivity contribution in [1.29, 1.82) is 0 Å². The maximum absolute atomic E-state index is 10.9. The zero-order valence-corrected chi connectivity index (χ0v) is 21.9. The molecule has 5 aliphatic carbocycles. The van der Waals surface area contributed by atoms with Crippen LogP contribution in [0.1, 0.15) is 113 Å². The fourth-order valence-corrected chi connectivity index (χ4v) is 10.8. The molecule has 0 radical (unpaired) electrons. The Hall–Kier alpha value is -0.300. The Bertz CT molecular complexity index is 779. The van der Waals surface area contributed by atoms with E-state index in [4.69, 9.17) is 0 Å². The van der Waals surface area contributed by atoms with E-state index in [1.807, 2.05) is 5.57 Å². The van der Waals surface area contributed by atoms with Crippen LogP contribution < -0.4 is 0 Å². The largest absolute Gasteiger partial charge is 0.393 e. The van der Waals surface area contributed by atoms with Crippen molar-refractivity contribution in [2.24, 2.45) is 56.7 Å². The van der Waals surface area contributed by atoms with Gasteiger partial charge in [0.05, 0.1) is 6.10 Å². The smallest absolute Gasteiger partial charge is 0.0594 e. The van der Waals surface area contributed by atoms with E-state index in [9.17, 15) is 5.11 Å². The molecule has 4 fully saturated rings. The van der Waals surface area contributed by atoms with Crippen LogP contribution in [0.25, 0.3) is 0 Å². The third-order valence-corrected chi connectivity index (χ3v) is 13.4. The molecule has 0 aliphatic heterocycles. The first-order valence-electron chi connectivity index (χ1n) is 13.7. The van der Waals surface area contributed by atoms with Crippen LogP contribution in [0, 0.1) is 56.7 Å². The molecule has 31 heavy (non-hydrogen) atoms. The molecule has 0 aromatic carbocycles. The molecular formula is C30H50O. The van der Waals surface area contributed by atoms with Crippen LogP contribution in [-0.4, -0.2) is 11.2 Å². The summed E-state index contributed by atoms with van der Waals surface area (Å²) in [6.07, 6.45) is 14.5. The van der Waals surface area contributed by atoms with E-state index in [1.165, 1.54) is 51.4 Å². The monoisotopic (exact) mass is 426 g/mol. The standard InChI is InChI=1S/C30H50O/c1-19-11-14-27(5)17-18-29(7)21(25(27)20(19)2)9-10-23-28(6)15-13-24(31)26(3,4)22(28)12-16-30(23,29)8/h9,19-20,22-25,31H,10-18H2,1-8H3/t19-,20+,22-,23-,24-,25+,27-,28+,29-,30-/m1/s1. The Balaban J connectivity index is 1.59. The molecule has 0 unspecified atom stereocenters. The molecule has 0 spiro atoms. The predicted molar refractivity (Wildman–Crippen MR) is 131 cm³/mol. The van der Waals surface area contributed by atoms with Crippen molar-refractivity contribution in [3.63, 3.8) is 0 Å². The van der Waals surface area contributed by atoms with Crippen LogP contribution in [0.2, 0.25) is 0 Å². The molecule has 5 aliphatic rings. The summed E-state index contributed by atoms with van der Waals surface area (Å²) in [7, 11) is 0. The molecule has 0 bridgehead atoms. The molecule has 5 rings (SSSR count). The number of hydrogen-bond acceptors (Lipinski definition) is 1. The van der Waals surface area contributed by atoms with Gasteiger partial charge in [0.1, 0.15) is 0 Å². The minimum atomic E-state index is -0.125. The predicted octanol–water partition coefficient (Wildman–Crippen LogP) is 8.02. The molecule has 1 heteroatoms. The van der Waals surface area contributed by atoms with E-state index in [1.54, 1.807) is 0 Å². The molecule has 0 amide bonds. The lowest BCUT2D eigenvalue weighted by Crippen LogP contribution is -2.64. The van der Waals surface area contributed by atoms with E-state index >= 15 is 0 Å². The van der Waals surface area contributed by atoms with Crippen LogP contribution in [0.4, 0.5) is 0 Å². The lowest BCUT2D eigenvalue weighted by Gasteiger charge is -2.71. The topological polar surface area (TPSA) is 20.2 Å². The first-order valence-corrected chi connectivity index (χ1v) is 13.7. The Kier molecular flexibility index (Phi) is 4.82. The highest BCUT2D eigenvalue weighted by atomic mass is 16.3. The molecule has 0 saturated heterocycles. The summed E-state index contributed by atoms with van der Waals surface area (Å²) in [5.74, 6) is 3.90. The van der Waals surface area contributed by atoms with Gasteiger partial charge in [0.2, 0.25) is 0 Å². The molecule has 4 saturated carbocycles. The van der Waals surface area contributed by atoms with Gasteiger partial charge in [-0.05, 0) is 114 Å². The Morgan fingerprint density at radius 2 is 1.52 bits per heavy atom. The summed E-state index contributed by atoms with van der Waals surface area (Å²) < 4.78 is 0. The van der Waals surface area contributed by atoms with E-state index in [-0.39, 0.29) is 11.5 Å². The summed E-state index contributed by atoms with van der Waals surface area (Å²) in [6.45, 7) is 20.5. The zero-order chi connectivity index (χ0) is 22.6. The molecule has 10 atom stereocenters. The highest BCUT2D eigenvalue weighted by Gasteiger charge is 2.67. The van der Waals surface area contributed by atoms with E-state index in [0.717, 1.165) is 30.1 Å². The molecule has 0 heterocycles. The molecule has 1 nitrogen and oxygen atoms in total. The first-order chi connectivity index (χ1) is 14.3.